The zero-order chi connectivity index (χ0) is 15.2. The Morgan fingerprint density at radius 3 is 2.81 bits per heavy atom. The number of ether oxygens (including phenoxy) is 1. The van der Waals surface area contributed by atoms with Gasteiger partial charge in [0, 0.05) is 32.3 Å². The summed E-state index contributed by atoms with van der Waals surface area (Å²) in [5.41, 5.74) is 2.10. The molecule has 2 rings (SSSR count). The fourth-order valence-corrected chi connectivity index (χ4v) is 2.66. The van der Waals surface area contributed by atoms with Crippen LogP contribution in [0.1, 0.15) is 24.0 Å². The van der Waals surface area contributed by atoms with Crippen LogP contribution in [0, 0.1) is 5.92 Å². The summed E-state index contributed by atoms with van der Waals surface area (Å²) in [5.74, 6) is -0.0779. The Hall–Kier alpha value is -1.49. The van der Waals surface area contributed by atoms with Crippen LogP contribution in [0.5, 0.6) is 0 Å². The predicted molar refractivity (Wildman–Crippen MR) is 79.7 cm³/mol. The molecule has 1 aliphatic carbocycles. The van der Waals surface area contributed by atoms with Gasteiger partial charge in [-0.3, -0.25) is 4.79 Å². The third-order valence-electron chi connectivity index (χ3n) is 3.72. The lowest BCUT2D eigenvalue weighted by atomic mass is 10.0. The Bertz CT molecular complexity index is 509. The minimum atomic E-state index is -0.620. The van der Waals surface area contributed by atoms with Crippen LogP contribution < -0.4 is 0 Å². The van der Waals surface area contributed by atoms with E-state index in [4.69, 9.17) is 4.74 Å². The molecule has 4 nitrogen and oxygen atoms in total. The van der Waals surface area contributed by atoms with Gasteiger partial charge in [-0.1, -0.05) is 36.4 Å². The van der Waals surface area contributed by atoms with Crippen molar-refractivity contribution in [2.75, 3.05) is 7.11 Å². The van der Waals surface area contributed by atoms with Crippen LogP contribution in [0.4, 0.5) is 0 Å². The molecule has 0 aliphatic heterocycles. The Labute approximate surface area is 125 Å². The maximum atomic E-state index is 11.2. The maximum absolute atomic E-state index is 11.2. The van der Waals surface area contributed by atoms with E-state index in [9.17, 15) is 15.0 Å². The van der Waals surface area contributed by atoms with Crippen molar-refractivity contribution in [3.05, 3.63) is 47.5 Å². The van der Waals surface area contributed by atoms with Crippen molar-refractivity contribution < 1.29 is 19.7 Å². The van der Waals surface area contributed by atoms with E-state index >= 15 is 0 Å². The number of rotatable bonds is 6. The van der Waals surface area contributed by atoms with Gasteiger partial charge in [-0.05, 0) is 11.1 Å². The minimum absolute atomic E-state index is 0.0823. The molecule has 0 bridgehead atoms. The van der Waals surface area contributed by atoms with E-state index in [0.717, 1.165) is 11.1 Å². The second kappa shape index (κ2) is 7.50. The van der Waals surface area contributed by atoms with Crippen LogP contribution in [-0.2, 0) is 22.6 Å². The molecule has 0 radical (unpaired) electrons. The number of aliphatic hydroxyl groups is 2. The summed E-state index contributed by atoms with van der Waals surface area (Å²) in [4.78, 5) is 11.2. The monoisotopic (exact) mass is 290 g/mol. The topological polar surface area (TPSA) is 66.8 Å². The number of ketones is 1. The highest BCUT2D eigenvalue weighted by molar-refractivity contribution is 5.81. The van der Waals surface area contributed by atoms with E-state index < -0.39 is 12.2 Å². The lowest BCUT2D eigenvalue weighted by molar-refractivity contribution is -0.117. The van der Waals surface area contributed by atoms with Crippen LogP contribution in [0.15, 0.2) is 36.4 Å². The molecule has 4 heteroatoms. The van der Waals surface area contributed by atoms with Crippen molar-refractivity contribution in [1.29, 1.82) is 0 Å². The van der Waals surface area contributed by atoms with Gasteiger partial charge in [0.25, 0.3) is 0 Å². The van der Waals surface area contributed by atoms with Gasteiger partial charge in [0.2, 0.25) is 0 Å². The second-order valence-corrected chi connectivity index (χ2v) is 5.59. The lowest BCUT2D eigenvalue weighted by Crippen LogP contribution is -2.12. The fourth-order valence-electron chi connectivity index (χ4n) is 2.66. The average Bonchev–Trinajstić information content (AvgIpc) is 2.75. The summed E-state index contributed by atoms with van der Waals surface area (Å²) in [5, 5.41) is 19.7. The van der Waals surface area contributed by atoms with Crippen molar-refractivity contribution in [2.24, 2.45) is 5.92 Å². The highest BCUT2D eigenvalue weighted by Gasteiger charge is 2.29. The normalized spacial score (nSPS) is 23.9. The van der Waals surface area contributed by atoms with Gasteiger partial charge in [-0.15, -0.1) is 0 Å². The van der Waals surface area contributed by atoms with Gasteiger partial charge in [0.05, 0.1) is 18.8 Å². The molecule has 21 heavy (non-hydrogen) atoms. The van der Waals surface area contributed by atoms with Crippen LogP contribution >= 0.6 is 0 Å². The van der Waals surface area contributed by atoms with Crippen molar-refractivity contribution in [3.63, 3.8) is 0 Å². The van der Waals surface area contributed by atoms with E-state index in [-0.39, 0.29) is 18.1 Å². The predicted octanol–water partition coefficient (Wildman–Crippen LogP) is 1.63. The quantitative estimate of drug-likeness (QED) is 0.782. The Balaban J connectivity index is 1.90. The molecule has 1 aromatic carbocycles. The first-order valence-electron chi connectivity index (χ1n) is 7.21. The van der Waals surface area contributed by atoms with Crippen molar-refractivity contribution in [1.82, 2.24) is 0 Å². The van der Waals surface area contributed by atoms with Crippen LogP contribution in [-0.4, -0.2) is 35.3 Å². The molecule has 0 heterocycles. The average molecular weight is 290 g/mol. The Morgan fingerprint density at radius 2 is 2.14 bits per heavy atom. The van der Waals surface area contributed by atoms with E-state index in [2.05, 4.69) is 0 Å². The third kappa shape index (κ3) is 4.77. The van der Waals surface area contributed by atoms with Gasteiger partial charge in [0.15, 0.2) is 0 Å². The molecule has 0 amide bonds. The lowest BCUT2D eigenvalue weighted by Gasteiger charge is -2.10. The van der Waals surface area contributed by atoms with Crippen molar-refractivity contribution in [3.8, 4) is 0 Å². The molecule has 1 aliphatic rings. The molecule has 114 valence electrons. The summed E-state index contributed by atoms with van der Waals surface area (Å²) in [6.07, 6.45) is 3.31. The van der Waals surface area contributed by atoms with Crippen molar-refractivity contribution >= 4 is 5.78 Å². The fraction of sp³-hybridized carbons (Fsp3) is 0.471. The molecule has 1 saturated carbocycles. The van der Waals surface area contributed by atoms with Crippen molar-refractivity contribution in [2.45, 2.75) is 38.1 Å². The highest BCUT2D eigenvalue weighted by atomic mass is 16.5. The third-order valence-corrected chi connectivity index (χ3v) is 3.72. The van der Waals surface area contributed by atoms with Gasteiger partial charge in [-0.25, -0.2) is 0 Å². The highest BCUT2D eigenvalue weighted by Crippen LogP contribution is 2.24. The van der Waals surface area contributed by atoms with E-state index in [0.29, 0.717) is 19.4 Å². The van der Waals surface area contributed by atoms with Gasteiger partial charge < -0.3 is 14.9 Å². The smallest absolute Gasteiger partial charge is 0.136 e. The SMILES string of the molecule is COCc1cccc(C[C@H](O)/C=C/[C@@H]2CC(=O)CC2O)c1. The number of methoxy groups -OCH3 is 1. The summed E-state index contributed by atoms with van der Waals surface area (Å²) in [7, 11) is 1.65. The standard InChI is InChI=1S/C17H22O4/c1-21-11-13-4-2-3-12(7-13)8-15(18)6-5-14-9-16(19)10-17(14)20/h2-7,14-15,17-18,20H,8-11H2,1H3/b6-5+/t14-,15-,17?/m1/s1. The first-order valence-corrected chi connectivity index (χ1v) is 7.21. The van der Waals surface area contributed by atoms with Gasteiger partial charge in [0.1, 0.15) is 5.78 Å². The second-order valence-electron chi connectivity index (χ2n) is 5.59. The first kappa shape index (κ1) is 15.9. The van der Waals surface area contributed by atoms with Gasteiger partial charge in [-0.2, -0.15) is 0 Å². The van der Waals surface area contributed by atoms with E-state index in [1.807, 2.05) is 24.3 Å². The molecule has 3 atom stereocenters. The maximum Gasteiger partial charge on any atom is 0.136 e. The molecule has 1 aromatic rings. The van der Waals surface area contributed by atoms with E-state index in [1.165, 1.54) is 0 Å². The number of hydrogen-bond donors (Lipinski definition) is 2. The van der Waals surface area contributed by atoms with Gasteiger partial charge >= 0.3 is 0 Å². The Morgan fingerprint density at radius 1 is 1.38 bits per heavy atom. The zero-order valence-corrected chi connectivity index (χ0v) is 12.2. The number of aliphatic hydroxyl groups excluding tert-OH is 2. The summed E-state index contributed by atoms with van der Waals surface area (Å²) >= 11 is 0. The van der Waals surface area contributed by atoms with Crippen LogP contribution in [0.3, 0.4) is 0 Å². The van der Waals surface area contributed by atoms with E-state index in [1.54, 1.807) is 19.3 Å². The number of carbonyl (C=O) groups excluding carboxylic acids is 1. The Kier molecular flexibility index (Phi) is 5.67. The summed E-state index contributed by atoms with van der Waals surface area (Å²) in [6, 6.07) is 7.90. The first-order chi connectivity index (χ1) is 10.1. The number of Topliss-reactive ketones (excluding diaryl/α,β-unsaturated/α-hetero) is 1. The largest absolute Gasteiger partial charge is 0.392 e. The molecule has 1 fully saturated rings. The van der Waals surface area contributed by atoms with Crippen LogP contribution in [0.2, 0.25) is 0 Å². The number of benzene rings is 1. The molecule has 1 unspecified atom stereocenters. The minimum Gasteiger partial charge on any atom is -0.392 e. The zero-order valence-electron chi connectivity index (χ0n) is 12.2. The number of carbonyl (C=O) groups is 1. The molecular weight excluding hydrogens is 268 g/mol. The summed E-state index contributed by atoms with van der Waals surface area (Å²) < 4.78 is 5.09. The molecular formula is C17H22O4. The number of hydrogen-bond acceptors (Lipinski definition) is 4. The molecule has 0 aromatic heterocycles. The molecule has 0 spiro atoms. The molecule has 2 N–H and O–H groups in total. The van der Waals surface area contributed by atoms with Crippen LogP contribution in [0.25, 0.3) is 0 Å². The molecule has 0 saturated heterocycles. The summed E-state index contributed by atoms with van der Waals surface area (Å²) in [6.45, 7) is 0.552.